The maximum absolute atomic E-state index is 10.4. The molecule has 5 nitrogen and oxygen atoms in total. The molecule has 74 valence electrons. The number of hydrogen-bond acceptors (Lipinski definition) is 4. The van der Waals surface area contributed by atoms with Crippen molar-refractivity contribution in [3.63, 3.8) is 0 Å². The zero-order valence-electron chi connectivity index (χ0n) is 7.60. The summed E-state index contributed by atoms with van der Waals surface area (Å²) in [6.45, 7) is 0. The Morgan fingerprint density at radius 1 is 1.64 bits per heavy atom. The molecule has 0 atom stereocenters. The Balaban J connectivity index is 2.21. The monoisotopic (exact) mass is 193 g/mol. The van der Waals surface area contributed by atoms with E-state index in [2.05, 4.69) is 9.97 Å². The van der Waals surface area contributed by atoms with Crippen LogP contribution in [0.5, 0.6) is 0 Å². The fourth-order valence-electron chi connectivity index (χ4n) is 1.27. The first kappa shape index (κ1) is 8.93. The van der Waals surface area contributed by atoms with E-state index in [1.807, 2.05) is 0 Å². The van der Waals surface area contributed by atoms with Crippen molar-refractivity contribution >= 4 is 11.8 Å². The molecular weight excluding hydrogens is 182 g/mol. The first-order chi connectivity index (χ1) is 6.66. The minimum atomic E-state index is -0.917. The zero-order chi connectivity index (χ0) is 10.1. The van der Waals surface area contributed by atoms with E-state index in [0.29, 0.717) is 17.3 Å². The van der Waals surface area contributed by atoms with Crippen LogP contribution in [0.25, 0.3) is 0 Å². The third kappa shape index (κ3) is 1.81. The van der Waals surface area contributed by atoms with Gasteiger partial charge in [-0.05, 0) is 12.8 Å². The van der Waals surface area contributed by atoms with Gasteiger partial charge in [0.05, 0.1) is 6.42 Å². The van der Waals surface area contributed by atoms with Crippen LogP contribution in [0.1, 0.15) is 30.1 Å². The number of rotatable bonds is 3. The van der Waals surface area contributed by atoms with Crippen molar-refractivity contribution in [1.29, 1.82) is 0 Å². The Labute approximate surface area is 81.0 Å². The van der Waals surface area contributed by atoms with Gasteiger partial charge in [-0.1, -0.05) is 0 Å². The number of anilines is 1. The highest BCUT2D eigenvalue weighted by atomic mass is 16.4. The van der Waals surface area contributed by atoms with E-state index in [-0.39, 0.29) is 6.42 Å². The summed E-state index contributed by atoms with van der Waals surface area (Å²) in [7, 11) is 0. The van der Waals surface area contributed by atoms with E-state index in [0.717, 1.165) is 18.7 Å². The van der Waals surface area contributed by atoms with Crippen LogP contribution in [0.15, 0.2) is 6.20 Å². The molecule has 3 N–H and O–H groups in total. The van der Waals surface area contributed by atoms with Gasteiger partial charge in [0.25, 0.3) is 0 Å². The minimum Gasteiger partial charge on any atom is -0.481 e. The molecule has 0 aromatic carbocycles. The van der Waals surface area contributed by atoms with Crippen molar-refractivity contribution < 1.29 is 9.90 Å². The summed E-state index contributed by atoms with van der Waals surface area (Å²) in [5.41, 5.74) is 6.11. The lowest BCUT2D eigenvalue weighted by Gasteiger charge is -2.03. The molecule has 1 heterocycles. The molecule has 1 aromatic rings. The van der Waals surface area contributed by atoms with Gasteiger partial charge in [0, 0.05) is 17.7 Å². The standard InChI is InChI=1S/C9H11N3O2/c10-8-6(3-7(13)14)4-11-9(12-8)5-1-2-5/h4-5H,1-3H2,(H,13,14)(H2,10,11,12). The average molecular weight is 193 g/mol. The zero-order valence-corrected chi connectivity index (χ0v) is 7.60. The number of nitrogen functional groups attached to an aromatic ring is 1. The van der Waals surface area contributed by atoms with Gasteiger partial charge in [-0.3, -0.25) is 4.79 Å². The molecule has 0 spiro atoms. The lowest BCUT2D eigenvalue weighted by molar-refractivity contribution is -0.136. The summed E-state index contributed by atoms with van der Waals surface area (Å²) >= 11 is 0. The van der Waals surface area contributed by atoms with Crippen LogP contribution in [0.4, 0.5) is 5.82 Å². The molecule has 0 radical (unpaired) electrons. The smallest absolute Gasteiger partial charge is 0.308 e. The first-order valence-corrected chi connectivity index (χ1v) is 4.50. The maximum Gasteiger partial charge on any atom is 0.308 e. The largest absolute Gasteiger partial charge is 0.481 e. The van der Waals surface area contributed by atoms with Crippen LogP contribution in [0.2, 0.25) is 0 Å². The van der Waals surface area contributed by atoms with Gasteiger partial charge in [0.1, 0.15) is 11.6 Å². The number of carboxylic acids is 1. The van der Waals surface area contributed by atoms with E-state index in [9.17, 15) is 4.79 Å². The highest BCUT2D eigenvalue weighted by Crippen LogP contribution is 2.38. The SMILES string of the molecule is Nc1nc(C2CC2)ncc1CC(=O)O. The van der Waals surface area contributed by atoms with E-state index in [4.69, 9.17) is 10.8 Å². The van der Waals surface area contributed by atoms with Crippen molar-refractivity contribution in [1.82, 2.24) is 9.97 Å². The number of nitrogens with zero attached hydrogens (tertiary/aromatic N) is 2. The molecule has 5 heteroatoms. The number of aromatic nitrogens is 2. The molecule has 2 rings (SSSR count). The molecule has 1 aliphatic carbocycles. The lowest BCUT2D eigenvalue weighted by Crippen LogP contribution is -2.07. The fraction of sp³-hybridized carbons (Fsp3) is 0.444. The van der Waals surface area contributed by atoms with E-state index >= 15 is 0 Å². The summed E-state index contributed by atoms with van der Waals surface area (Å²) in [5, 5.41) is 8.57. The topological polar surface area (TPSA) is 89.1 Å². The predicted octanol–water partition coefficient (Wildman–Crippen LogP) is 0.563. The van der Waals surface area contributed by atoms with Crippen LogP contribution in [0.3, 0.4) is 0 Å². The van der Waals surface area contributed by atoms with Crippen molar-refractivity contribution in [2.45, 2.75) is 25.2 Å². The Hall–Kier alpha value is -1.65. The Morgan fingerprint density at radius 3 is 2.86 bits per heavy atom. The van der Waals surface area contributed by atoms with Crippen LogP contribution in [-0.2, 0) is 11.2 Å². The van der Waals surface area contributed by atoms with E-state index < -0.39 is 5.97 Å². The van der Waals surface area contributed by atoms with Gasteiger partial charge in [-0.2, -0.15) is 0 Å². The second-order valence-electron chi connectivity index (χ2n) is 3.48. The number of nitrogens with two attached hydrogens (primary N) is 1. The molecule has 1 saturated carbocycles. The third-order valence-electron chi connectivity index (χ3n) is 2.20. The van der Waals surface area contributed by atoms with Gasteiger partial charge in [0.2, 0.25) is 0 Å². The van der Waals surface area contributed by atoms with Crippen molar-refractivity contribution in [2.75, 3.05) is 5.73 Å². The van der Waals surface area contributed by atoms with Crippen LogP contribution < -0.4 is 5.73 Å². The van der Waals surface area contributed by atoms with Crippen LogP contribution >= 0.6 is 0 Å². The number of hydrogen-bond donors (Lipinski definition) is 2. The van der Waals surface area contributed by atoms with Gasteiger partial charge in [-0.25, -0.2) is 9.97 Å². The number of aliphatic carboxylic acids is 1. The molecule has 14 heavy (non-hydrogen) atoms. The van der Waals surface area contributed by atoms with E-state index in [1.165, 1.54) is 6.20 Å². The van der Waals surface area contributed by atoms with Crippen molar-refractivity contribution in [3.05, 3.63) is 17.6 Å². The normalized spacial score (nSPS) is 15.4. The Morgan fingerprint density at radius 2 is 2.36 bits per heavy atom. The Kier molecular flexibility index (Phi) is 2.07. The molecule has 0 saturated heterocycles. The fourth-order valence-corrected chi connectivity index (χ4v) is 1.27. The summed E-state index contributed by atoms with van der Waals surface area (Å²) in [6.07, 6.45) is 3.62. The second kappa shape index (κ2) is 3.25. The number of carboxylic acid groups (broad SMARTS) is 1. The minimum absolute atomic E-state index is 0.114. The molecule has 1 fully saturated rings. The van der Waals surface area contributed by atoms with Gasteiger partial charge in [-0.15, -0.1) is 0 Å². The maximum atomic E-state index is 10.4. The lowest BCUT2D eigenvalue weighted by atomic mass is 10.2. The molecule has 1 aliphatic rings. The number of carbonyl (C=O) groups is 1. The molecule has 0 amide bonds. The summed E-state index contributed by atoms with van der Waals surface area (Å²) in [6, 6.07) is 0. The second-order valence-corrected chi connectivity index (χ2v) is 3.48. The quantitative estimate of drug-likeness (QED) is 0.732. The van der Waals surface area contributed by atoms with Gasteiger partial charge >= 0.3 is 5.97 Å². The predicted molar refractivity (Wildman–Crippen MR) is 49.8 cm³/mol. The average Bonchev–Trinajstić information content (AvgIpc) is 2.90. The summed E-state index contributed by atoms with van der Waals surface area (Å²) in [4.78, 5) is 18.6. The van der Waals surface area contributed by atoms with Crippen LogP contribution in [0, 0.1) is 0 Å². The third-order valence-corrected chi connectivity index (χ3v) is 2.20. The van der Waals surface area contributed by atoms with E-state index in [1.54, 1.807) is 0 Å². The summed E-state index contributed by atoms with van der Waals surface area (Å²) in [5.74, 6) is 0.566. The highest BCUT2D eigenvalue weighted by molar-refractivity contribution is 5.71. The molecule has 0 aliphatic heterocycles. The van der Waals surface area contributed by atoms with Crippen LogP contribution in [-0.4, -0.2) is 21.0 Å². The van der Waals surface area contributed by atoms with Gasteiger partial charge < -0.3 is 10.8 Å². The van der Waals surface area contributed by atoms with Gasteiger partial charge in [0.15, 0.2) is 0 Å². The highest BCUT2D eigenvalue weighted by Gasteiger charge is 2.26. The summed E-state index contributed by atoms with van der Waals surface area (Å²) < 4.78 is 0. The molecular formula is C9H11N3O2. The van der Waals surface area contributed by atoms with Crippen molar-refractivity contribution in [3.8, 4) is 0 Å². The Bertz CT molecular complexity index is 374. The molecule has 0 bridgehead atoms. The van der Waals surface area contributed by atoms with Crippen molar-refractivity contribution in [2.24, 2.45) is 0 Å². The molecule has 1 aromatic heterocycles. The first-order valence-electron chi connectivity index (χ1n) is 4.50. The molecule has 0 unspecified atom stereocenters.